The SMILES string of the molecule is C/C=c1/nc(N/N=C2\CCc3ccccc32)s/c1=C/C.CC. The molecule has 4 heteroatoms. The predicted molar refractivity (Wildman–Crippen MR) is 97.9 cm³/mol. The molecule has 1 aromatic carbocycles. The molecule has 0 bridgehead atoms. The minimum absolute atomic E-state index is 0.850. The van der Waals surface area contributed by atoms with Crippen LogP contribution in [-0.4, -0.2) is 10.7 Å². The molecule has 116 valence electrons. The average Bonchev–Trinajstić information content (AvgIpc) is 3.18. The summed E-state index contributed by atoms with van der Waals surface area (Å²) < 4.78 is 1.18. The highest BCUT2D eigenvalue weighted by Gasteiger charge is 2.16. The van der Waals surface area contributed by atoms with Gasteiger partial charge in [0, 0.05) is 5.56 Å². The van der Waals surface area contributed by atoms with Crippen LogP contribution in [-0.2, 0) is 6.42 Å². The van der Waals surface area contributed by atoms with Crippen LogP contribution in [0.15, 0.2) is 29.4 Å². The van der Waals surface area contributed by atoms with Gasteiger partial charge in [-0.1, -0.05) is 61.6 Å². The number of fused-ring (bicyclic) bond motifs is 1. The molecule has 0 aliphatic heterocycles. The van der Waals surface area contributed by atoms with Crippen LogP contribution in [0.4, 0.5) is 5.13 Å². The Balaban J connectivity index is 0.000000847. The molecule has 1 aliphatic carbocycles. The van der Waals surface area contributed by atoms with E-state index in [1.165, 1.54) is 15.7 Å². The van der Waals surface area contributed by atoms with E-state index in [0.717, 1.165) is 29.0 Å². The van der Waals surface area contributed by atoms with Crippen molar-refractivity contribution in [2.75, 3.05) is 5.43 Å². The van der Waals surface area contributed by atoms with Crippen LogP contribution >= 0.6 is 11.3 Å². The van der Waals surface area contributed by atoms with Crippen molar-refractivity contribution in [1.29, 1.82) is 0 Å². The van der Waals surface area contributed by atoms with Gasteiger partial charge in [-0.25, -0.2) is 4.98 Å². The van der Waals surface area contributed by atoms with Gasteiger partial charge in [-0.05, 0) is 32.3 Å². The maximum atomic E-state index is 4.54. The Morgan fingerprint density at radius 1 is 1.14 bits per heavy atom. The van der Waals surface area contributed by atoms with E-state index in [9.17, 15) is 0 Å². The Kier molecular flexibility index (Phi) is 5.90. The first-order valence-corrected chi connectivity index (χ1v) is 8.64. The van der Waals surface area contributed by atoms with Gasteiger partial charge < -0.3 is 0 Å². The Labute approximate surface area is 136 Å². The molecular weight excluding hydrogens is 290 g/mol. The van der Waals surface area contributed by atoms with Crippen molar-refractivity contribution in [3.63, 3.8) is 0 Å². The quantitative estimate of drug-likeness (QED) is 0.861. The summed E-state index contributed by atoms with van der Waals surface area (Å²) in [4.78, 5) is 4.53. The lowest BCUT2D eigenvalue weighted by molar-refractivity contribution is 1.09. The van der Waals surface area contributed by atoms with Crippen molar-refractivity contribution >= 4 is 34.3 Å². The molecule has 2 aromatic rings. The highest BCUT2D eigenvalue weighted by atomic mass is 32.1. The van der Waals surface area contributed by atoms with Gasteiger partial charge in [-0.3, -0.25) is 5.43 Å². The summed E-state index contributed by atoms with van der Waals surface area (Å²) in [6.45, 7) is 8.04. The molecule has 1 aromatic heterocycles. The maximum Gasteiger partial charge on any atom is 0.204 e. The van der Waals surface area contributed by atoms with Crippen LogP contribution in [0.5, 0.6) is 0 Å². The lowest BCUT2D eigenvalue weighted by Gasteiger charge is -1.99. The fourth-order valence-corrected chi connectivity index (χ4v) is 3.27. The van der Waals surface area contributed by atoms with Gasteiger partial charge in [0.05, 0.1) is 15.6 Å². The molecule has 0 amide bonds. The summed E-state index contributed by atoms with van der Waals surface area (Å²) in [5, 5.41) is 6.42. The predicted octanol–water partition coefficient (Wildman–Crippen LogP) is 3.53. The second-order valence-corrected chi connectivity index (χ2v) is 5.70. The second kappa shape index (κ2) is 7.90. The Morgan fingerprint density at radius 2 is 1.91 bits per heavy atom. The Morgan fingerprint density at radius 3 is 2.59 bits per heavy atom. The normalized spacial score (nSPS) is 16.5. The number of nitrogens with zero attached hydrogens (tertiary/aromatic N) is 2. The summed E-state index contributed by atoms with van der Waals surface area (Å²) in [7, 11) is 0. The highest BCUT2D eigenvalue weighted by Crippen LogP contribution is 2.22. The molecule has 1 aliphatic rings. The molecule has 0 spiro atoms. The first kappa shape index (κ1) is 16.4. The van der Waals surface area contributed by atoms with Crippen LogP contribution in [0.25, 0.3) is 12.2 Å². The van der Waals surface area contributed by atoms with Crippen LogP contribution in [0.2, 0.25) is 0 Å². The molecule has 0 saturated carbocycles. The minimum atomic E-state index is 0.850. The first-order valence-electron chi connectivity index (χ1n) is 7.82. The van der Waals surface area contributed by atoms with E-state index in [1.807, 2.05) is 33.8 Å². The number of hydrogen-bond donors (Lipinski definition) is 1. The van der Waals surface area contributed by atoms with Crippen molar-refractivity contribution in [2.45, 2.75) is 40.5 Å². The van der Waals surface area contributed by atoms with E-state index in [-0.39, 0.29) is 0 Å². The lowest BCUT2D eigenvalue weighted by Crippen LogP contribution is -2.19. The number of rotatable bonds is 2. The van der Waals surface area contributed by atoms with Crippen molar-refractivity contribution in [2.24, 2.45) is 5.10 Å². The van der Waals surface area contributed by atoms with Crippen molar-refractivity contribution in [1.82, 2.24) is 4.98 Å². The number of benzene rings is 1. The zero-order chi connectivity index (χ0) is 15.9. The van der Waals surface area contributed by atoms with Crippen molar-refractivity contribution < 1.29 is 0 Å². The molecule has 0 atom stereocenters. The van der Waals surface area contributed by atoms with E-state index in [2.05, 4.69) is 45.9 Å². The van der Waals surface area contributed by atoms with Gasteiger partial charge in [-0.15, -0.1) is 0 Å². The number of aromatic nitrogens is 1. The molecule has 3 rings (SSSR count). The van der Waals surface area contributed by atoms with E-state index in [4.69, 9.17) is 0 Å². The van der Waals surface area contributed by atoms with Crippen molar-refractivity contribution in [3.8, 4) is 0 Å². The number of aryl methyl sites for hydroxylation is 1. The second-order valence-electron chi connectivity index (χ2n) is 4.67. The summed E-state index contributed by atoms with van der Waals surface area (Å²) in [6.07, 6.45) is 6.18. The monoisotopic (exact) mass is 313 g/mol. The number of nitrogens with one attached hydrogen (secondary N) is 1. The van der Waals surface area contributed by atoms with Crippen LogP contribution < -0.4 is 15.3 Å². The third-order valence-electron chi connectivity index (χ3n) is 3.46. The lowest BCUT2D eigenvalue weighted by atomic mass is 10.1. The van der Waals surface area contributed by atoms with Gasteiger partial charge in [-0.2, -0.15) is 5.10 Å². The molecule has 0 fully saturated rings. The number of hydrazone groups is 1. The maximum absolute atomic E-state index is 4.54. The Hall–Kier alpha value is -1.94. The Bertz CT molecular complexity index is 740. The fraction of sp³-hybridized carbons (Fsp3) is 0.333. The van der Waals surface area contributed by atoms with Gasteiger partial charge in [0.1, 0.15) is 0 Å². The fourth-order valence-electron chi connectivity index (χ4n) is 2.44. The van der Waals surface area contributed by atoms with Gasteiger partial charge in [0.2, 0.25) is 5.13 Å². The third kappa shape index (κ3) is 3.45. The molecule has 1 heterocycles. The average molecular weight is 313 g/mol. The molecule has 0 unspecified atom stereocenters. The smallest absolute Gasteiger partial charge is 0.204 e. The van der Waals surface area contributed by atoms with E-state index >= 15 is 0 Å². The molecule has 0 radical (unpaired) electrons. The minimum Gasteiger partial charge on any atom is -0.252 e. The van der Waals surface area contributed by atoms with E-state index in [1.54, 1.807) is 11.3 Å². The number of anilines is 1. The van der Waals surface area contributed by atoms with Crippen LogP contribution in [0, 0.1) is 0 Å². The summed E-state index contributed by atoms with van der Waals surface area (Å²) in [5.41, 5.74) is 6.89. The molecule has 0 saturated heterocycles. The van der Waals surface area contributed by atoms with Gasteiger partial charge in [0.25, 0.3) is 0 Å². The highest BCUT2D eigenvalue weighted by molar-refractivity contribution is 7.13. The zero-order valence-electron chi connectivity index (χ0n) is 13.7. The zero-order valence-corrected chi connectivity index (χ0v) is 14.5. The molecule has 22 heavy (non-hydrogen) atoms. The summed E-state index contributed by atoms with van der Waals surface area (Å²) in [6, 6.07) is 8.47. The van der Waals surface area contributed by atoms with Crippen LogP contribution in [0.3, 0.4) is 0 Å². The molecule has 3 nitrogen and oxygen atoms in total. The van der Waals surface area contributed by atoms with Crippen molar-refractivity contribution in [3.05, 3.63) is 45.3 Å². The first-order chi connectivity index (χ1) is 10.8. The topological polar surface area (TPSA) is 37.3 Å². The molecular formula is C18H23N3S. The standard InChI is InChI=1S/C16H17N3S.C2H6/c1-3-13-15(4-2)20-16(17-13)19-18-14-10-9-11-7-5-6-8-12(11)14;1-2/h3-8H,9-10H2,1-2H3,(H,17,19);1-2H3/b13-3+,15-4+,18-14+;. The third-order valence-corrected chi connectivity index (χ3v) is 4.50. The summed E-state index contributed by atoms with van der Waals surface area (Å²) >= 11 is 1.63. The number of thiazole rings is 1. The van der Waals surface area contributed by atoms with Gasteiger partial charge >= 0.3 is 0 Å². The van der Waals surface area contributed by atoms with E-state index < -0.39 is 0 Å². The van der Waals surface area contributed by atoms with Crippen LogP contribution in [0.1, 0.15) is 45.2 Å². The van der Waals surface area contributed by atoms with E-state index in [0.29, 0.717) is 0 Å². The summed E-state index contributed by atoms with van der Waals surface area (Å²) in [5.74, 6) is 0. The molecule has 1 N–H and O–H groups in total. The largest absolute Gasteiger partial charge is 0.252 e. The number of hydrogen-bond acceptors (Lipinski definition) is 4. The van der Waals surface area contributed by atoms with Gasteiger partial charge in [0.15, 0.2) is 0 Å².